The van der Waals surface area contributed by atoms with Crippen molar-refractivity contribution in [3.05, 3.63) is 65.5 Å². The fraction of sp³-hybridized carbons (Fsp3) is 0.133. The third-order valence-corrected chi connectivity index (χ3v) is 2.68. The first-order valence-electron chi connectivity index (χ1n) is 5.61. The molecule has 2 aromatic carbocycles. The maximum Gasteiger partial charge on any atom is 0.170 e. The van der Waals surface area contributed by atoms with Crippen LogP contribution in [0.1, 0.15) is 15.9 Å². The van der Waals surface area contributed by atoms with Crippen molar-refractivity contribution in [1.29, 1.82) is 0 Å². The van der Waals surface area contributed by atoms with E-state index in [4.69, 9.17) is 4.74 Å². The fourth-order valence-electron chi connectivity index (χ4n) is 1.73. The number of carbonyl (C=O) groups is 1. The van der Waals surface area contributed by atoms with E-state index in [0.29, 0.717) is 5.75 Å². The molecular formula is C15H13FO2. The minimum absolute atomic E-state index is 0.0969. The Kier molecular flexibility index (Phi) is 3.72. The van der Waals surface area contributed by atoms with E-state index in [1.54, 1.807) is 6.07 Å². The van der Waals surface area contributed by atoms with E-state index in [-0.39, 0.29) is 17.8 Å². The largest absolute Gasteiger partial charge is 0.497 e. The summed E-state index contributed by atoms with van der Waals surface area (Å²) in [5.41, 5.74) is 0.970. The van der Waals surface area contributed by atoms with Crippen LogP contribution in [0.2, 0.25) is 0 Å². The molecule has 0 aliphatic heterocycles. The molecule has 0 saturated heterocycles. The molecule has 2 rings (SSSR count). The standard InChI is InChI=1S/C15H13FO2/c1-18-12-7-8-13(14(16)10-12)15(17)9-11-5-3-2-4-6-11/h2-8,10H,9H2,1H3. The molecule has 0 spiro atoms. The highest BCUT2D eigenvalue weighted by molar-refractivity contribution is 5.97. The molecule has 0 radical (unpaired) electrons. The van der Waals surface area contributed by atoms with Gasteiger partial charge in [-0.2, -0.15) is 0 Å². The van der Waals surface area contributed by atoms with Gasteiger partial charge in [0, 0.05) is 12.5 Å². The van der Waals surface area contributed by atoms with E-state index in [1.807, 2.05) is 30.3 Å². The van der Waals surface area contributed by atoms with Gasteiger partial charge in [0.25, 0.3) is 0 Å². The lowest BCUT2D eigenvalue weighted by Gasteiger charge is -2.05. The third-order valence-electron chi connectivity index (χ3n) is 2.68. The number of hydrogen-bond acceptors (Lipinski definition) is 2. The molecule has 18 heavy (non-hydrogen) atoms. The second-order valence-electron chi connectivity index (χ2n) is 3.93. The topological polar surface area (TPSA) is 26.3 Å². The van der Waals surface area contributed by atoms with Crippen molar-refractivity contribution in [3.8, 4) is 5.75 Å². The summed E-state index contributed by atoms with van der Waals surface area (Å²) in [5, 5.41) is 0. The molecule has 0 amide bonds. The normalized spacial score (nSPS) is 10.1. The number of ether oxygens (including phenoxy) is 1. The molecule has 0 fully saturated rings. The lowest BCUT2D eigenvalue weighted by atomic mass is 10.0. The first-order valence-corrected chi connectivity index (χ1v) is 5.61. The molecule has 0 aromatic heterocycles. The van der Waals surface area contributed by atoms with Crippen LogP contribution in [-0.2, 0) is 6.42 Å². The SMILES string of the molecule is COc1ccc(C(=O)Cc2ccccc2)c(F)c1. The number of ketones is 1. The summed E-state index contributed by atoms with van der Waals surface area (Å²) >= 11 is 0. The molecule has 0 saturated carbocycles. The predicted octanol–water partition coefficient (Wildman–Crippen LogP) is 3.26. The molecule has 0 bridgehead atoms. The van der Waals surface area contributed by atoms with Crippen LogP contribution < -0.4 is 4.74 Å². The van der Waals surface area contributed by atoms with Crippen molar-refractivity contribution in [2.45, 2.75) is 6.42 Å². The van der Waals surface area contributed by atoms with Gasteiger partial charge in [-0.3, -0.25) is 4.79 Å². The molecule has 0 heterocycles. The van der Waals surface area contributed by atoms with Crippen LogP contribution in [0.5, 0.6) is 5.75 Å². The smallest absolute Gasteiger partial charge is 0.170 e. The van der Waals surface area contributed by atoms with Crippen molar-refractivity contribution < 1.29 is 13.9 Å². The summed E-state index contributed by atoms with van der Waals surface area (Å²) in [5.74, 6) is -0.375. The minimum atomic E-state index is -0.546. The zero-order valence-corrected chi connectivity index (χ0v) is 10.0. The molecule has 3 heteroatoms. The summed E-state index contributed by atoms with van der Waals surface area (Å²) in [6.45, 7) is 0. The molecule has 2 nitrogen and oxygen atoms in total. The van der Waals surface area contributed by atoms with E-state index < -0.39 is 5.82 Å². The summed E-state index contributed by atoms with van der Waals surface area (Å²) < 4.78 is 18.6. The van der Waals surface area contributed by atoms with Crippen molar-refractivity contribution in [2.24, 2.45) is 0 Å². The van der Waals surface area contributed by atoms with E-state index in [2.05, 4.69) is 0 Å². The first-order chi connectivity index (χ1) is 8.70. The first kappa shape index (κ1) is 12.3. The van der Waals surface area contributed by atoms with E-state index in [0.717, 1.165) is 5.56 Å². The number of halogens is 1. The highest BCUT2D eigenvalue weighted by atomic mass is 19.1. The number of benzene rings is 2. The Hall–Kier alpha value is -2.16. The Labute approximate surface area is 105 Å². The Morgan fingerprint density at radius 3 is 2.50 bits per heavy atom. The highest BCUT2D eigenvalue weighted by Gasteiger charge is 2.12. The van der Waals surface area contributed by atoms with E-state index >= 15 is 0 Å². The van der Waals surface area contributed by atoms with Crippen LogP contribution >= 0.6 is 0 Å². The second-order valence-corrected chi connectivity index (χ2v) is 3.93. The monoisotopic (exact) mass is 244 g/mol. The average Bonchev–Trinajstić information content (AvgIpc) is 2.39. The zero-order chi connectivity index (χ0) is 13.0. The van der Waals surface area contributed by atoms with Gasteiger partial charge in [-0.25, -0.2) is 4.39 Å². The maximum atomic E-state index is 13.7. The Morgan fingerprint density at radius 2 is 1.89 bits per heavy atom. The van der Waals surface area contributed by atoms with Crippen LogP contribution in [0, 0.1) is 5.82 Å². The maximum absolute atomic E-state index is 13.7. The van der Waals surface area contributed by atoms with E-state index in [9.17, 15) is 9.18 Å². The molecular weight excluding hydrogens is 231 g/mol. The Balaban J connectivity index is 2.19. The van der Waals surface area contributed by atoms with Crippen LogP contribution in [0.25, 0.3) is 0 Å². The molecule has 0 aliphatic rings. The number of hydrogen-bond donors (Lipinski definition) is 0. The molecule has 0 N–H and O–H groups in total. The van der Waals surface area contributed by atoms with Crippen LogP contribution in [0.4, 0.5) is 4.39 Å². The lowest BCUT2D eigenvalue weighted by Crippen LogP contribution is -2.06. The summed E-state index contributed by atoms with van der Waals surface area (Å²) in [7, 11) is 1.46. The second kappa shape index (κ2) is 5.45. The molecule has 2 aromatic rings. The van der Waals surface area contributed by atoms with Gasteiger partial charge in [0.2, 0.25) is 0 Å². The quantitative estimate of drug-likeness (QED) is 0.772. The van der Waals surface area contributed by atoms with Gasteiger partial charge >= 0.3 is 0 Å². The van der Waals surface area contributed by atoms with Crippen LogP contribution in [0.3, 0.4) is 0 Å². The number of rotatable bonds is 4. The Bertz CT molecular complexity index is 550. The van der Waals surface area contributed by atoms with Gasteiger partial charge in [0.15, 0.2) is 5.78 Å². The summed E-state index contributed by atoms with van der Waals surface area (Å²) in [4.78, 5) is 12.0. The summed E-state index contributed by atoms with van der Waals surface area (Å²) in [6, 6.07) is 13.5. The fourth-order valence-corrected chi connectivity index (χ4v) is 1.73. The van der Waals surface area contributed by atoms with Crippen molar-refractivity contribution in [1.82, 2.24) is 0 Å². The highest BCUT2D eigenvalue weighted by Crippen LogP contribution is 2.18. The Morgan fingerprint density at radius 1 is 1.17 bits per heavy atom. The van der Waals surface area contributed by atoms with Crippen LogP contribution in [-0.4, -0.2) is 12.9 Å². The number of methoxy groups -OCH3 is 1. The molecule has 92 valence electrons. The van der Waals surface area contributed by atoms with Gasteiger partial charge in [0.1, 0.15) is 11.6 Å². The molecule has 0 aliphatic carbocycles. The average molecular weight is 244 g/mol. The predicted molar refractivity (Wildman–Crippen MR) is 67.4 cm³/mol. The van der Waals surface area contributed by atoms with Crippen molar-refractivity contribution in [3.63, 3.8) is 0 Å². The van der Waals surface area contributed by atoms with Gasteiger partial charge in [0.05, 0.1) is 12.7 Å². The van der Waals surface area contributed by atoms with Crippen molar-refractivity contribution in [2.75, 3.05) is 7.11 Å². The number of Topliss-reactive ketones (excluding diaryl/α,β-unsaturated/α-hetero) is 1. The van der Waals surface area contributed by atoms with Gasteiger partial charge in [-0.15, -0.1) is 0 Å². The van der Waals surface area contributed by atoms with Gasteiger partial charge in [-0.1, -0.05) is 30.3 Å². The van der Waals surface area contributed by atoms with Gasteiger partial charge < -0.3 is 4.74 Å². The van der Waals surface area contributed by atoms with Gasteiger partial charge in [-0.05, 0) is 17.7 Å². The van der Waals surface area contributed by atoms with Crippen LogP contribution in [0.15, 0.2) is 48.5 Å². The number of carbonyl (C=O) groups excluding carboxylic acids is 1. The lowest BCUT2D eigenvalue weighted by molar-refractivity contribution is 0.0989. The molecule has 0 unspecified atom stereocenters. The van der Waals surface area contributed by atoms with E-state index in [1.165, 1.54) is 19.2 Å². The van der Waals surface area contributed by atoms with Crippen molar-refractivity contribution >= 4 is 5.78 Å². The minimum Gasteiger partial charge on any atom is -0.497 e. The molecule has 0 atom stereocenters. The third kappa shape index (κ3) is 2.74. The zero-order valence-electron chi connectivity index (χ0n) is 10.0. The summed E-state index contributed by atoms with van der Waals surface area (Å²) in [6.07, 6.45) is 0.199.